The van der Waals surface area contributed by atoms with Gasteiger partial charge in [-0.15, -0.1) is 0 Å². The van der Waals surface area contributed by atoms with E-state index in [9.17, 15) is 27.9 Å². The number of aromatic nitrogens is 1. The van der Waals surface area contributed by atoms with Gasteiger partial charge in [-0.05, 0) is 57.4 Å². The van der Waals surface area contributed by atoms with Crippen molar-refractivity contribution in [3.63, 3.8) is 0 Å². The van der Waals surface area contributed by atoms with Crippen molar-refractivity contribution in [3.05, 3.63) is 29.1 Å². The van der Waals surface area contributed by atoms with Crippen LogP contribution in [0, 0.1) is 11.3 Å². The Bertz CT molecular complexity index is 647. The fraction of sp³-hybridized carbons (Fsp3) is 0.588. The molecule has 1 N–H and O–H groups in total. The van der Waals surface area contributed by atoms with E-state index in [2.05, 4.69) is 4.98 Å². The van der Waals surface area contributed by atoms with Crippen LogP contribution in [0.5, 0.6) is 0 Å². The summed E-state index contributed by atoms with van der Waals surface area (Å²) >= 11 is 0. The van der Waals surface area contributed by atoms with Crippen molar-refractivity contribution < 1.29 is 27.9 Å². The van der Waals surface area contributed by atoms with Crippen LogP contribution in [0.4, 0.5) is 13.2 Å². The van der Waals surface area contributed by atoms with Crippen LogP contribution in [-0.2, 0) is 17.4 Å². The molecule has 24 heavy (non-hydrogen) atoms. The fourth-order valence-corrected chi connectivity index (χ4v) is 3.30. The summed E-state index contributed by atoms with van der Waals surface area (Å²) < 4.78 is 40.2. The maximum Gasteiger partial charge on any atom is 0.417 e. The number of halogens is 3. The maximum atomic E-state index is 13.4. The summed E-state index contributed by atoms with van der Waals surface area (Å²) in [7, 11) is 0. The zero-order valence-electron chi connectivity index (χ0n) is 13.6. The molecule has 4 nitrogen and oxygen atoms in total. The van der Waals surface area contributed by atoms with E-state index in [1.807, 2.05) is 0 Å². The number of pyridine rings is 1. The van der Waals surface area contributed by atoms with E-state index < -0.39 is 34.5 Å². The number of carboxylic acids is 1. The molecule has 2 rings (SSSR count). The van der Waals surface area contributed by atoms with E-state index in [1.165, 1.54) is 6.20 Å². The highest BCUT2D eigenvalue weighted by Crippen LogP contribution is 2.42. The predicted molar refractivity (Wildman–Crippen MR) is 80.6 cm³/mol. The van der Waals surface area contributed by atoms with Gasteiger partial charge in [-0.3, -0.25) is 14.6 Å². The first-order chi connectivity index (χ1) is 11.0. The van der Waals surface area contributed by atoms with Crippen molar-refractivity contribution in [2.75, 3.05) is 0 Å². The highest BCUT2D eigenvalue weighted by Gasteiger charge is 2.40. The molecule has 1 aliphatic rings. The maximum absolute atomic E-state index is 13.4. The lowest BCUT2D eigenvalue weighted by Crippen LogP contribution is -2.33. The Balaban J connectivity index is 2.24. The molecule has 0 atom stereocenters. The van der Waals surface area contributed by atoms with Crippen LogP contribution >= 0.6 is 0 Å². The number of carbonyl (C=O) groups is 2. The van der Waals surface area contributed by atoms with Crippen LogP contribution in [0.3, 0.4) is 0 Å². The molecule has 1 aromatic rings. The quantitative estimate of drug-likeness (QED) is 0.835. The molecule has 1 fully saturated rings. The highest BCUT2D eigenvalue weighted by molar-refractivity contribution is 5.95. The van der Waals surface area contributed by atoms with Crippen LogP contribution in [-0.4, -0.2) is 21.8 Å². The molecule has 0 bridgehead atoms. The second-order valence-corrected chi connectivity index (χ2v) is 6.79. The molecule has 0 aliphatic heterocycles. The number of Topliss-reactive ketones (excluding diaryl/α,β-unsaturated/α-hetero) is 1. The molecule has 0 radical (unpaired) electrons. The van der Waals surface area contributed by atoms with Crippen molar-refractivity contribution in [2.45, 2.75) is 52.1 Å². The number of hydrogen-bond acceptors (Lipinski definition) is 3. The smallest absolute Gasteiger partial charge is 0.417 e. The lowest BCUT2D eigenvalue weighted by molar-refractivity contribution is -0.150. The molecule has 0 spiro atoms. The Morgan fingerprint density at radius 2 is 1.88 bits per heavy atom. The minimum Gasteiger partial charge on any atom is -0.481 e. The normalized spacial score (nSPS) is 24.6. The van der Waals surface area contributed by atoms with Gasteiger partial charge in [0, 0.05) is 18.0 Å². The second kappa shape index (κ2) is 6.53. The van der Waals surface area contributed by atoms with Gasteiger partial charge in [0.25, 0.3) is 0 Å². The van der Waals surface area contributed by atoms with Gasteiger partial charge in [-0.1, -0.05) is 0 Å². The van der Waals surface area contributed by atoms with Crippen LogP contribution in [0.15, 0.2) is 12.4 Å². The van der Waals surface area contributed by atoms with E-state index >= 15 is 0 Å². The summed E-state index contributed by atoms with van der Waals surface area (Å²) in [4.78, 5) is 26.5. The number of carbonyl (C=O) groups excluding carboxylic acids is 1. The minimum absolute atomic E-state index is 0.0131. The number of carboxylic acid groups (broad SMARTS) is 1. The summed E-state index contributed by atoms with van der Waals surface area (Å²) in [6.07, 6.45) is -0.378. The number of nitrogens with zero attached hydrogens (tertiary/aromatic N) is 1. The molecule has 132 valence electrons. The monoisotopic (exact) mass is 343 g/mol. The van der Waals surface area contributed by atoms with Crippen molar-refractivity contribution in [2.24, 2.45) is 11.3 Å². The van der Waals surface area contributed by atoms with E-state index in [1.54, 1.807) is 6.92 Å². The lowest BCUT2D eigenvalue weighted by Gasteiger charge is -2.34. The molecule has 1 heterocycles. The number of ketones is 1. The third kappa shape index (κ3) is 3.76. The van der Waals surface area contributed by atoms with Gasteiger partial charge in [0.15, 0.2) is 5.78 Å². The van der Waals surface area contributed by atoms with Crippen molar-refractivity contribution in [1.82, 2.24) is 4.98 Å². The van der Waals surface area contributed by atoms with Crippen LogP contribution in [0.25, 0.3) is 0 Å². The Morgan fingerprint density at radius 3 is 2.33 bits per heavy atom. The zero-order valence-corrected chi connectivity index (χ0v) is 13.6. The average molecular weight is 343 g/mol. The number of hydrogen-bond donors (Lipinski definition) is 1. The molecule has 0 unspecified atom stereocenters. The molecule has 1 aromatic heterocycles. The fourth-order valence-electron chi connectivity index (χ4n) is 3.30. The highest BCUT2D eigenvalue weighted by atomic mass is 19.4. The topological polar surface area (TPSA) is 67.3 Å². The Kier molecular flexibility index (Phi) is 5.01. The Morgan fingerprint density at radius 1 is 1.29 bits per heavy atom. The van der Waals surface area contributed by atoms with E-state index in [-0.39, 0.29) is 17.9 Å². The van der Waals surface area contributed by atoms with Crippen LogP contribution in [0.1, 0.15) is 61.0 Å². The van der Waals surface area contributed by atoms with Crippen LogP contribution < -0.4 is 0 Å². The third-order valence-electron chi connectivity index (χ3n) is 4.92. The van der Waals surface area contributed by atoms with Gasteiger partial charge in [-0.2, -0.15) is 13.2 Å². The van der Waals surface area contributed by atoms with Gasteiger partial charge < -0.3 is 5.11 Å². The van der Waals surface area contributed by atoms with Gasteiger partial charge in [-0.25, -0.2) is 0 Å². The SMILES string of the molecule is CC(=O)c1cncc(C[C@H]2CC[C@](C)(C(=O)O)CC2)c1C(F)(F)F. The predicted octanol–water partition coefficient (Wildman–Crippen LogP) is 4.13. The number of rotatable bonds is 4. The summed E-state index contributed by atoms with van der Waals surface area (Å²) in [5.74, 6) is -1.57. The number of aliphatic carboxylic acids is 1. The lowest BCUT2D eigenvalue weighted by atomic mass is 9.70. The van der Waals surface area contributed by atoms with E-state index in [4.69, 9.17) is 0 Å². The molecule has 0 aromatic carbocycles. The van der Waals surface area contributed by atoms with Crippen molar-refractivity contribution in [3.8, 4) is 0 Å². The van der Waals surface area contributed by atoms with Crippen molar-refractivity contribution in [1.29, 1.82) is 0 Å². The summed E-state index contributed by atoms with van der Waals surface area (Å²) in [6.45, 7) is 2.76. The molecule has 1 aliphatic carbocycles. The first-order valence-corrected chi connectivity index (χ1v) is 7.83. The largest absolute Gasteiger partial charge is 0.481 e. The summed E-state index contributed by atoms with van der Waals surface area (Å²) in [5, 5.41) is 9.23. The zero-order chi connectivity index (χ0) is 18.1. The van der Waals surface area contributed by atoms with Gasteiger partial charge in [0.2, 0.25) is 0 Å². The second-order valence-electron chi connectivity index (χ2n) is 6.79. The minimum atomic E-state index is -4.62. The van der Waals surface area contributed by atoms with E-state index in [0.717, 1.165) is 13.1 Å². The number of alkyl halides is 3. The molecule has 1 saturated carbocycles. The Hall–Kier alpha value is -1.92. The molecular formula is C17H20F3NO3. The van der Waals surface area contributed by atoms with Gasteiger partial charge in [0.1, 0.15) is 0 Å². The Labute approximate surface area is 138 Å². The average Bonchev–Trinajstić information content (AvgIpc) is 2.48. The first-order valence-electron chi connectivity index (χ1n) is 7.83. The molecule has 7 heteroatoms. The van der Waals surface area contributed by atoms with Gasteiger partial charge >= 0.3 is 12.1 Å². The van der Waals surface area contributed by atoms with E-state index in [0.29, 0.717) is 25.7 Å². The molecular weight excluding hydrogens is 323 g/mol. The van der Waals surface area contributed by atoms with Crippen molar-refractivity contribution >= 4 is 11.8 Å². The summed E-state index contributed by atoms with van der Waals surface area (Å²) in [6, 6.07) is 0. The molecule has 0 amide bonds. The standard InChI is InChI=1S/C17H20F3NO3/c1-10(22)13-9-21-8-12(14(13)17(18,19)20)7-11-3-5-16(2,6-4-11)15(23)24/h8-9,11H,3-7H2,1-2H3,(H,23,24)/t11-,16-. The summed E-state index contributed by atoms with van der Waals surface area (Å²) in [5.41, 5.74) is -2.11. The van der Waals surface area contributed by atoms with Crippen LogP contribution in [0.2, 0.25) is 0 Å². The first kappa shape index (κ1) is 18.4. The third-order valence-corrected chi connectivity index (χ3v) is 4.92. The molecule has 0 saturated heterocycles. The van der Waals surface area contributed by atoms with Gasteiger partial charge in [0.05, 0.1) is 11.0 Å².